The number of hydrogen-bond donors (Lipinski definition) is 1. The number of ether oxygens (including phenoxy) is 2. The number of nitrogens with one attached hydrogen (secondary N) is 1. The van der Waals surface area contributed by atoms with E-state index in [-0.39, 0.29) is 0 Å². The maximum Gasteiger partial charge on any atom is 0.128 e. The van der Waals surface area contributed by atoms with Gasteiger partial charge in [-0.1, -0.05) is 6.07 Å². The van der Waals surface area contributed by atoms with Crippen LogP contribution in [-0.4, -0.2) is 50.3 Å². The van der Waals surface area contributed by atoms with Crippen LogP contribution >= 0.6 is 0 Å². The molecule has 1 aromatic carbocycles. The number of fused-ring (bicyclic) bond motifs is 1. The topological polar surface area (TPSA) is 37.5 Å². The molecule has 0 unspecified atom stereocenters. The zero-order valence-corrected chi connectivity index (χ0v) is 13.6. The number of H-pyrrole nitrogens is 1. The third-order valence-electron chi connectivity index (χ3n) is 4.39. The van der Waals surface area contributed by atoms with Crippen molar-refractivity contribution in [2.24, 2.45) is 5.92 Å². The van der Waals surface area contributed by atoms with Gasteiger partial charge in [0, 0.05) is 36.9 Å². The van der Waals surface area contributed by atoms with E-state index in [0.29, 0.717) is 5.92 Å². The molecule has 0 radical (unpaired) electrons. The van der Waals surface area contributed by atoms with Crippen LogP contribution in [0.4, 0.5) is 0 Å². The second-order valence-corrected chi connectivity index (χ2v) is 6.41. The van der Waals surface area contributed by atoms with Crippen LogP contribution in [0.15, 0.2) is 24.4 Å². The Morgan fingerprint density at radius 2 is 2.09 bits per heavy atom. The molecule has 1 N–H and O–H groups in total. The van der Waals surface area contributed by atoms with E-state index in [1.807, 2.05) is 0 Å². The van der Waals surface area contributed by atoms with Gasteiger partial charge < -0.3 is 19.4 Å². The van der Waals surface area contributed by atoms with Crippen LogP contribution in [0.3, 0.4) is 0 Å². The summed E-state index contributed by atoms with van der Waals surface area (Å²) in [6, 6.07) is 6.28. The van der Waals surface area contributed by atoms with Crippen LogP contribution in [0.1, 0.15) is 18.4 Å². The lowest BCUT2D eigenvalue weighted by atomic mass is 10.0. The maximum atomic E-state index is 6.18. The molecule has 3 rings (SSSR count). The minimum Gasteiger partial charge on any atom is -0.493 e. The molecule has 0 aliphatic carbocycles. The molecule has 0 spiro atoms. The summed E-state index contributed by atoms with van der Waals surface area (Å²) in [5.41, 5.74) is 2.50. The zero-order chi connectivity index (χ0) is 15.4. The second kappa shape index (κ2) is 7.16. The highest BCUT2D eigenvalue weighted by Crippen LogP contribution is 2.30. The van der Waals surface area contributed by atoms with Crippen LogP contribution in [-0.2, 0) is 11.2 Å². The second-order valence-electron chi connectivity index (χ2n) is 6.41. The molecule has 1 aliphatic rings. The van der Waals surface area contributed by atoms with E-state index in [9.17, 15) is 0 Å². The summed E-state index contributed by atoms with van der Waals surface area (Å²) < 4.78 is 11.6. The fourth-order valence-corrected chi connectivity index (χ4v) is 3.00. The Morgan fingerprint density at radius 1 is 1.27 bits per heavy atom. The lowest BCUT2D eigenvalue weighted by Gasteiger charge is -2.22. The molecule has 0 atom stereocenters. The van der Waals surface area contributed by atoms with E-state index in [0.717, 1.165) is 51.4 Å². The largest absolute Gasteiger partial charge is 0.493 e. The van der Waals surface area contributed by atoms with E-state index < -0.39 is 0 Å². The normalized spacial score (nSPS) is 16.5. The standard InChI is InChI=1S/C18H26N2O2/c1-20(2)9-6-15-12-19-16-4-3-5-17(18(15)16)22-13-14-7-10-21-11-8-14/h3-5,12,14,19H,6-11,13H2,1-2H3. The van der Waals surface area contributed by atoms with Gasteiger partial charge in [0.15, 0.2) is 0 Å². The van der Waals surface area contributed by atoms with Crippen molar-refractivity contribution < 1.29 is 9.47 Å². The van der Waals surface area contributed by atoms with Crippen LogP contribution < -0.4 is 4.74 Å². The van der Waals surface area contributed by atoms with E-state index in [1.165, 1.54) is 16.5 Å². The Morgan fingerprint density at radius 3 is 2.86 bits per heavy atom. The predicted octanol–water partition coefficient (Wildman–Crippen LogP) is 3.08. The lowest BCUT2D eigenvalue weighted by Crippen LogP contribution is -2.21. The molecule has 0 bridgehead atoms. The van der Waals surface area contributed by atoms with Crippen molar-refractivity contribution in [1.82, 2.24) is 9.88 Å². The van der Waals surface area contributed by atoms with Gasteiger partial charge in [-0.3, -0.25) is 0 Å². The molecule has 22 heavy (non-hydrogen) atoms. The molecule has 0 saturated carbocycles. The summed E-state index contributed by atoms with van der Waals surface area (Å²) in [5, 5.41) is 1.25. The molecule has 120 valence electrons. The Bertz CT molecular complexity index is 600. The maximum absolute atomic E-state index is 6.18. The highest BCUT2D eigenvalue weighted by Gasteiger charge is 2.16. The van der Waals surface area contributed by atoms with Crippen molar-refractivity contribution in [1.29, 1.82) is 0 Å². The molecule has 4 heteroatoms. The number of aromatic amines is 1. The number of aromatic nitrogens is 1. The summed E-state index contributed by atoms with van der Waals surface area (Å²) in [7, 11) is 4.22. The Balaban J connectivity index is 1.74. The highest BCUT2D eigenvalue weighted by molar-refractivity contribution is 5.89. The third kappa shape index (κ3) is 3.62. The Labute approximate surface area is 132 Å². The number of benzene rings is 1. The summed E-state index contributed by atoms with van der Waals surface area (Å²) in [5.74, 6) is 1.63. The smallest absolute Gasteiger partial charge is 0.128 e. The van der Waals surface area contributed by atoms with Crippen LogP contribution in [0.2, 0.25) is 0 Å². The highest BCUT2D eigenvalue weighted by atomic mass is 16.5. The number of hydrogen-bond acceptors (Lipinski definition) is 3. The first-order valence-electron chi connectivity index (χ1n) is 8.18. The van der Waals surface area contributed by atoms with Gasteiger partial charge in [-0.05, 0) is 57.0 Å². The minimum absolute atomic E-state index is 0.619. The number of rotatable bonds is 6. The van der Waals surface area contributed by atoms with Crippen molar-refractivity contribution in [2.45, 2.75) is 19.3 Å². The van der Waals surface area contributed by atoms with Gasteiger partial charge >= 0.3 is 0 Å². The van der Waals surface area contributed by atoms with Crippen molar-refractivity contribution in [3.05, 3.63) is 30.0 Å². The van der Waals surface area contributed by atoms with Gasteiger partial charge in [0.05, 0.1) is 6.61 Å². The van der Waals surface area contributed by atoms with Gasteiger partial charge in [0.25, 0.3) is 0 Å². The van der Waals surface area contributed by atoms with Crippen molar-refractivity contribution in [2.75, 3.05) is 40.5 Å². The van der Waals surface area contributed by atoms with Gasteiger partial charge in [-0.25, -0.2) is 0 Å². The molecule has 0 amide bonds. The molecule has 4 nitrogen and oxygen atoms in total. The van der Waals surface area contributed by atoms with Gasteiger partial charge in [-0.15, -0.1) is 0 Å². The first kappa shape index (κ1) is 15.4. The minimum atomic E-state index is 0.619. The predicted molar refractivity (Wildman–Crippen MR) is 89.6 cm³/mol. The van der Waals surface area contributed by atoms with Crippen molar-refractivity contribution in [3.8, 4) is 5.75 Å². The van der Waals surface area contributed by atoms with Gasteiger partial charge in [-0.2, -0.15) is 0 Å². The van der Waals surface area contributed by atoms with Crippen LogP contribution in [0.5, 0.6) is 5.75 Å². The number of nitrogens with zero attached hydrogens (tertiary/aromatic N) is 1. The molecule has 1 fully saturated rings. The van der Waals surface area contributed by atoms with E-state index in [2.05, 4.69) is 48.4 Å². The molecule has 1 saturated heterocycles. The summed E-state index contributed by atoms with van der Waals surface area (Å²) in [6.45, 7) is 3.58. The molecular weight excluding hydrogens is 276 g/mol. The van der Waals surface area contributed by atoms with E-state index in [4.69, 9.17) is 9.47 Å². The monoisotopic (exact) mass is 302 g/mol. The summed E-state index contributed by atoms with van der Waals surface area (Å²) >= 11 is 0. The fourth-order valence-electron chi connectivity index (χ4n) is 3.00. The van der Waals surface area contributed by atoms with E-state index in [1.54, 1.807) is 0 Å². The quantitative estimate of drug-likeness (QED) is 0.891. The van der Waals surface area contributed by atoms with E-state index >= 15 is 0 Å². The van der Waals surface area contributed by atoms with Crippen molar-refractivity contribution in [3.63, 3.8) is 0 Å². The van der Waals surface area contributed by atoms with Gasteiger partial charge in [0.2, 0.25) is 0 Å². The summed E-state index contributed by atoms with van der Waals surface area (Å²) in [6.07, 6.45) is 5.37. The average molecular weight is 302 g/mol. The average Bonchev–Trinajstić information content (AvgIpc) is 2.96. The van der Waals surface area contributed by atoms with Crippen molar-refractivity contribution >= 4 is 10.9 Å². The number of likely N-dealkylation sites (N-methyl/N-ethyl adjacent to an activating group) is 1. The Hall–Kier alpha value is -1.52. The molecule has 1 aromatic heterocycles. The summed E-state index contributed by atoms with van der Waals surface area (Å²) in [4.78, 5) is 5.58. The molecule has 2 heterocycles. The first-order valence-corrected chi connectivity index (χ1v) is 8.18. The first-order chi connectivity index (χ1) is 10.7. The van der Waals surface area contributed by atoms with Crippen LogP contribution in [0, 0.1) is 5.92 Å². The van der Waals surface area contributed by atoms with Gasteiger partial charge in [0.1, 0.15) is 5.75 Å². The third-order valence-corrected chi connectivity index (χ3v) is 4.39. The van der Waals surface area contributed by atoms with Crippen LogP contribution in [0.25, 0.3) is 10.9 Å². The fraction of sp³-hybridized carbons (Fsp3) is 0.556. The zero-order valence-electron chi connectivity index (χ0n) is 13.6. The Kier molecular flexibility index (Phi) is 5.01. The molecule has 1 aliphatic heterocycles. The molecular formula is C18H26N2O2. The lowest BCUT2D eigenvalue weighted by molar-refractivity contribution is 0.0500. The molecule has 2 aromatic rings. The SMILES string of the molecule is CN(C)CCc1c[nH]c2cccc(OCC3CCOCC3)c12.